The summed E-state index contributed by atoms with van der Waals surface area (Å²) in [5.74, 6) is 2.48. The Labute approximate surface area is 132 Å². The highest BCUT2D eigenvalue weighted by Gasteiger charge is 2.16. The predicted octanol–water partition coefficient (Wildman–Crippen LogP) is 3.25. The lowest BCUT2D eigenvalue weighted by Gasteiger charge is -2.17. The van der Waals surface area contributed by atoms with E-state index in [0.717, 1.165) is 33.0 Å². The van der Waals surface area contributed by atoms with Gasteiger partial charge in [-0.25, -0.2) is 4.98 Å². The van der Waals surface area contributed by atoms with Crippen LogP contribution in [-0.4, -0.2) is 25.9 Å². The van der Waals surface area contributed by atoms with Crippen molar-refractivity contribution >= 4 is 27.4 Å². The van der Waals surface area contributed by atoms with Crippen LogP contribution in [0.1, 0.15) is 5.56 Å². The zero-order valence-corrected chi connectivity index (χ0v) is 13.5. The summed E-state index contributed by atoms with van der Waals surface area (Å²) in [5.41, 5.74) is 2.10. The highest BCUT2D eigenvalue weighted by molar-refractivity contribution is 9.10. The number of halogens is 1. The molecule has 0 saturated carbocycles. The molecule has 0 bridgehead atoms. The Morgan fingerprint density at radius 2 is 2.05 bits per heavy atom. The van der Waals surface area contributed by atoms with Gasteiger partial charge in [0.1, 0.15) is 0 Å². The van der Waals surface area contributed by atoms with Gasteiger partial charge in [0.15, 0.2) is 17.3 Å². The molecule has 1 N–H and O–H groups in total. The average Bonchev–Trinajstić information content (AvgIpc) is 2.92. The molecule has 0 spiro atoms. The quantitative estimate of drug-likeness (QED) is 0.917. The molecular weight excluding hydrogens is 334 g/mol. The van der Waals surface area contributed by atoms with Crippen LogP contribution < -0.4 is 19.7 Å². The summed E-state index contributed by atoms with van der Waals surface area (Å²) in [6.07, 6.45) is 1.79. The standard InChI is InChI=1S/C15H16BrN3O2/c1-19(2)15-12(4-3-5-17-15)18-8-10-6-13-14(7-11(10)16)21-9-20-13/h3-7,18H,8-9H2,1-2H3. The molecule has 1 aromatic carbocycles. The lowest BCUT2D eigenvalue weighted by atomic mass is 10.2. The Morgan fingerprint density at radius 3 is 2.81 bits per heavy atom. The van der Waals surface area contributed by atoms with Crippen molar-refractivity contribution in [3.63, 3.8) is 0 Å². The number of ether oxygens (including phenoxy) is 2. The van der Waals surface area contributed by atoms with Gasteiger partial charge in [-0.15, -0.1) is 0 Å². The number of rotatable bonds is 4. The van der Waals surface area contributed by atoms with Gasteiger partial charge >= 0.3 is 0 Å². The van der Waals surface area contributed by atoms with Crippen molar-refractivity contribution < 1.29 is 9.47 Å². The van der Waals surface area contributed by atoms with Gasteiger partial charge in [0, 0.05) is 31.3 Å². The molecule has 6 heteroatoms. The first kappa shape index (κ1) is 14.0. The van der Waals surface area contributed by atoms with Crippen LogP contribution in [0.25, 0.3) is 0 Å². The molecule has 0 atom stereocenters. The molecule has 0 saturated heterocycles. The molecule has 2 aromatic rings. The van der Waals surface area contributed by atoms with Gasteiger partial charge in [-0.3, -0.25) is 0 Å². The largest absolute Gasteiger partial charge is 0.454 e. The van der Waals surface area contributed by atoms with E-state index >= 15 is 0 Å². The van der Waals surface area contributed by atoms with Crippen molar-refractivity contribution in [1.29, 1.82) is 0 Å². The van der Waals surface area contributed by atoms with Crippen molar-refractivity contribution in [2.24, 2.45) is 0 Å². The number of aromatic nitrogens is 1. The minimum absolute atomic E-state index is 0.284. The van der Waals surface area contributed by atoms with Crippen LogP contribution in [0.2, 0.25) is 0 Å². The third-order valence-corrected chi connectivity index (χ3v) is 3.96. The van der Waals surface area contributed by atoms with E-state index in [-0.39, 0.29) is 6.79 Å². The number of nitrogens with one attached hydrogen (secondary N) is 1. The minimum Gasteiger partial charge on any atom is -0.454 e. The van der Waals surface area contributed by atoms with Crippen LogP contribution in [-0.2, 0) is 6.54 Å². The molecule has 1 aliphatic heterocycles. The van der Waals surface area contributed by atoms with Crippen LogP contribution in [0.15, 0.2) is 34.9 Å². The number of pyridine rings is 1. The summed E-state index contributed by atoms with van der Waals surface area (Å²) < 4.78 is 11.8. The first-order valence-corrected chi connectivity index (χ1v) is 7.38. The van der Waals surface area contributed by atoms with Gasteiger partial charge in [0.2, 0.25) is 6.79 Å². The molecule has 21 heavy (non-hydrogen) atoms. The molecule has 1 aromatic heterocycles. The lowest BCUT2D eigenvalue weighted by Crippen LogP contribution is -2.13. The third-order valence-electron chi connectivity index (χ3n) is 3.22. The van der Waals surface area contributed by atoms with Gasteiger partial charge in [-0.1, -0.05) is 15.9 Å². The molecule has 3 rings (SSSR count). The Balaban J connectivity index is 1.80. The molecule has 110 valence electrons. The summed E-state index contributed by atoms with van der Waals surface area (Å²) >= 11 is 3.57. The molecular formula is C15H16BrN3O2. The Morgan fingerprint density at radius 1 is 1.29 bits per heavy atom. The van der Waals surface area contributed by atoms with E-state index < -0.39 is 0 Å². The van der Waals surface area contributed by atoms with Crippen LogP contribution in [0.3, 0.4) is 0 Å². The number of anilines is 2. The first-order valence-electron chi connectivity index (χ1n) is 6.59. The molecule has 0 fully saturated rings. The average molecular weight is 350 g/mol. The number of hydrogen-bond donors (Lipinski definition) is 1. The van der Waals surface area contributed by atoms with Gasteiger partial charge < -0.3 is 19.7 Å². The van der Waals surface area contributed by atoms with E-state index in [1.165, 1.54) is 0 Å². The van der Waals surface area contributed by atoms with Crippen molar-refractivity contribution in [1.82, 2.24) is 4.98 Å². The Hall–Kier alpha value is -1.95. The molecule has 5 nitrogen and oxygen atoms in total. The van der Waals surface area contributed by atoms with Gasteiger partial charge in [0.25, 0.3) is 0 Å². The highest BCUT2D eigenvalue weighted by atomic mass is 79.9. The van der Waals surface area contributed by atoms with Gasteiger partial charge in [-0.05, 0) is 29.8 Å². The SMILES string of the molecule is CN(C)c1ncccc1NCc1cc2c(cc1Br)OCO2. The van der Waals surface area contributed by atoms with Crippen LogP contribution >= 0.6 is 15.9 Å². The van der Waals surface area contributed by atoms with Gasteiger partial charge in [0.05, 0.1) is 5.69 Å². The summed E-state index contributed by atoms with van der Waals surface area (Å²) in [6.45, 7) is 0.954. The summed E-state index contributed by atoms with van der Waals surface area (Å²) in [5, 5.41) is 3.41. The molecule has 0 radical (unpaired) electrons. The maximum absolute atomic E-state index is 5.42. The van der Waals surface area contributed by atoms with Crippen LogP contribution in [0.5, 0.6) is 11.5 Å². The second kappa shape index (κ2) is 5.81. The summed E-state index contributed by atoms with van der Waals surface area (Å²) in [6, 6.07) is 7.87. The van der Waals surface area contributed by atoms with Crippen molar-refractivity contribution in [3.8, 4) is 11.5 Å². The summed E-state index contributed by atoms with van der Waals surface area (Å²) in [4.78, 5) is 6.36. The molecule has 1 aliphatic rings. The summed E-state index contributed by atoms with van der Waals surface area (Å²) in [7, 11) is 3.95. The van der Waals surface area contributed by atoms with E-state index in [0.29, 0.717) is 6.54 Å². The third kappa shape index (κ3) is 2.90. The zero-order chi connectivity index (χ0) is 14.8. The maximum Gasteiger partial charge on any atom is 0.231 e. The molecule has 2 heterocycles. The fourth-order valence-electron chi connectivity index (χ4n) is 2.18. The fourth-order valence-corrected chi connectivity index (χ4v) is 2.64. The number of nitrogens with zero attached hydrogens (tertiary/aromatic N) is 2. The number of hydrogen-bond acceptors (Lipinski definition) is 5. The normalized spacial score (nSPS) is 12.3. The fraction of sp³-hybridized carbons (Fsp3) is 0.267. The molecule has 0 unspecified atom stereocenters. The van der Waals surface area contributed by atoms with Crippen LogP contribution in [0, 0.1) is 0 Å². The minimum atomic E-state index is 0.284. The second-order valence-electron chi connectivity index (χ2n) is 4.92. The first-order chi connectivity index (χ1) is 10.1. The number of benzene rings is 1. The second-order valence-corrected chi connectivity index (χ2v) is 5.77. The van der Waals surface area contributed by atoms with Crippen molar-refractivity contribution in [2.45, 2.75) is 6.54 Å². The van der Waals surface area contributed by atoms with E-state index in [1.807, 2.05) is 43.3 Å². The lowest BCUT2D eigenvalue weighted by molar-refractivity contribution is 0.174. The van der Waals surface area contributed by atoms with E-state index in [4.69, 9.17) is 9.47 Å². The smallest absolute Gasteiger partial charge is 0.231 e. The molecule has 0 aliphatic carbocycles. The highest BCUT2D eigenvalue weighted by Crippen LogP contribution is 2.37. The van der Waals surface area contributed by atoms with Gasteiger partial charge in [-0.2, -0.15) is 0 Å². The van der Waals surface area contributed by atoms with Crippen molar-refractivity contribution in [2.75, 3.05) is 31.1 Å². The van der Waals surface area contributed by atoms with E-state index in [2.05, 4.69) is 26.2 Å². The zero-order valence-electron chi connectivity index (χ0n) is 11.9. The predicted molar refractivity (Wildman–Crippen MR) is 86.2 cm³/mol. The molecule has 0 amide bonds. The maximum atomic E-state index is 5.42. The van der Waals surface area contributed by atoms with E-state index in [9.17, 15) is 0 Å². The van der Waals surface area contributed by atoms with E-state index in [1.54, 1.807) is 6.20 Å². The topological polar surface area (TPSA) is 46.6 Å². The monoisotopic (exact) mass is 349 g/mol. The Kier molecular flexibility index (Phi) is 3.88. The number of fused-ring (bicyclic) bond motifs is 1. The van der Waals surface area contributed by atoms with Crippen molar-refractivity contribution in [3.05, 3.63) is 40.5 Å². The Bertz CT molecular complexity index is 661. The van der Waals surface area contributed by atoms with Crippen LogP contribution in [0.4, 0.5) is 11.5 Å².